The smallest absolute Gasteiger partial charge is 0.261 e. The summed E-state index contributed by atoms with van der Waals surface area (Å²) in [7, 11) is 0. The van der Waals surface area contributed by atoms with E-state index in [0.29, 0.717) is 0 Å². The van der Waals surface area contributed by atoms with Crippen molar-refractivity contribution in [3.8, 4) is 10.6 Å². The van der Waals surface area contributed by atoms with Crippen molar-refractivity contribution in [1.82, 2.24) is 9.88 Å². The first-order valence-electron chi connectivity index (χ1n) is 7.79. The summed E-state index contributed by atoms with van der Waals surface area (Å²) < 4.78 is 0. The molecule has 0 spiro atoms. The zero-order valence-corrected chi connectivity index (χ0v) is 13.5. The SMILES string of the molecule is CCC1CCCCN1C(=O)c1ccc(-c2cccs2)[nH]c1=O. The van der Waals surface area contributed by atoms with E-state index in [1.54, 1.807) is 17.4 Å². The highest BCUT2D eigenvalue weighted by atomic mass is 32.1. The molecule has 3 rings (SSSR count). The Balaban J connectivity index is 1.88. The van der Waals surface area contributed by atoms with Crippen LogP contribution in [0.15, 0.2) is 34.4 Å². The molecular weight excluding hydrogens is 296 g/mol. The fraction of sp³-hybridized carbons (Fsp3) is 0.412. The molecule has 0 saturated carbocycles. The maximum atomic E-state index is 12.7. The van der Waals surface area contributed by atoms with E-state index in [1.165, 1.54) is 0 Å². The predicted molar refractivity (Wildman–Crippen MR) is 89.3 cm³/mol. The fourth-order valence-corrected chi connectivity index (χ4v) is 3.77. The van der Waals surface area contributed by atoms with Crippen molar-refractivity contribution in [1.29, 1.82) is 0 Å². The zero-order chi connectivity index (χ0) is 15.5. The fourth-order valence-electron chi connectivity index (χ4n) is 3.06. The Morgan fingerprint density at radius 1 is 1.36 bits per heavy atom. The van der Waals surface area contributed by atoms with Gasteiger partial charge in [0, 0.05) is 12.6 Å². The number of aromatic nitrogens is 1. The number of hydrogen-bond acceptors (Lipinski definition) is 3. The second-order valence-electron chi connectivity index (χ2n) is 5.65. The first-order valence-corrected chi connectivity index (χ1v) is 8.67. The largest absolute Gasteiger partial charge is 0.336 e. The third-order valence-electron chi connectivity index (χ3n) is 4.29. The maximum absolute atomic E-state index is 12.7. The summed E-state index contributed by atoms with van der Waals surface area (Å²) in [5, 5.41) is 1.96. The van der Waals surface area contributed by atoms with Gasteiger partial charge in [-0.2, -0.15) is 0 Å². The van der Waals surface area contributed by atoms with Crippen LogP contribution in [0.5, 0.6) is 0 Å². The molecule has 1 amide bonds. The summed E-state index contributed by atoms with van der Waals surface area (Å²) in [6.45, 7) is 2.85. The van der Waals surface area contributed by atoms with Gasteiger partial charge in [-0.05, 0) is 49.3 Å². The molecule has 116 valence electrons. The standard InChI is InChI=1S/C17H20N2O2S/c1-2-12-6-3-4-10-19(12)17(21)13-8-9-14(18-16(13)20)15-7-5-11-22-15/h5,7-9,11-12H,2-4,6,10H2,1H3,(H,18,20). The van der Waals surface area contributed by atoms with Gasteiger partial charge in [0.1, 0.15) is 5.56 Å². The van der Waals surface area contributed by atoms with Gasteiger partial charge in [0.05, 0.1) is 10.6 Å². The number of piperidine rings is 1. The predicted octanol–water partition coefficient (Wildman–Crippen LogP) is 3.51. The summed E-state index contributed by atoms with van der Waals surface area (Å²) >= 11 is 1.57. The number of pyridine rings is 1. The lowest BCUT2D eigenvalue weighted by Crippen LogP contribution is -2.45. The van der Waals surface area contributed by atoms with Crippen LogP contribution in [0.2, 0.25) is 0 Å². The Bertz CT molecular complexity index is 706. The van der Waals surface area contributed by atoms with Crippen molar-refractivity contribution in [3.63, 3.8) is 0 Å². The molecule has 1 N–H and O–H groups in total. The molecule has 0 aliphatic carbocycles. The number of nitrogens with zero attached hydrogens (tertiary/aromatic N) is 1. The van der Waals surface area contributed by atoms with Gasteiger partial charge in [0.2, 0.25) is 0 Å². The minimum absolute atomic E-state index is 0.134. The molecule has 0 aromatic carbocycles. The molecule has 5 heteroatoms. The molecule has 1 aliphatic heterocycles. The van der Waals surface area contributed by atoms with Crippen LogP contribution in [0.4, 0.5) is 0 Å². The number of carbonyl (C=O) groups is 1. The van der Waals surface area contributed by atoms with E-state index in [-0.39, 0.29) is 23.1 Å². The number of rotatable bonds is 3. The molecule has 2 aromatic heterocycles. The van der Waals surface area contributed by atoms with Crippen molar-refractivity contribution in [2.24, 2.45) is 0 Å². The minimum Gasteiger partial charge on any atom is -0.336 e. The van der Waals surface area contributed by atoms with Crippen LogP contribution in [0, 0.1) is 0 Å². The first kappa shape index (κ1) is 15.0. The van der Waals surface area contributed by atoms with Crippen LogP contribution >= 0.6 is 11.3 Å². The Morgan fingerprint density at radius 3 is 2.91 bits per heavy atom. The van der Waals surface area contributed by atoms with Crippen LogP contribution in [-0.2, 0) is 0 Å². The highest BCUT2D eigenvalue weighted by Gasteiger charge is 2.27. The lowest BCUT2D eigenvalue weighted by molar-refractivity contribution is 0.0606. The molecule has 22 heavy (non-hydrogen) atoms. The van der Waals surface area contributed by atoms with Gasteiger partial charge < -0.3 is 9.88 Å². The topological polar surface area (TPSA) is 53.2 Å². The second-order valence-corrected chi connectivity index (χ2v) is 6.60. The molecule has 3 heterocycles. The number of nitrogens with one attached hydrogen (secondary N) is 1. The van der Waals surface area contributed by atoms with Crippen LogP contribution < -0.4 is 5.56 Å². The molecular formula is C17H20N2O2S. The first-order chi connectivity index (χ1) is 10.7. The molecule has 0 radical (unpaired) electrons. The summed E-state index contributed by atoms with van der Waals surface area (Å²) in [5.41, 5.74) is 0.721. The normalized spacial score (nSPS) is 18.4. The van der Waals surface area contributed by atoms with Crippen LogP contribution in [-0.4, -0.2) is 28.4 Å². The number of amides is 1. The van der Waals surface area contributed by atoms with Gasteiger partial charge >= 0.3 is 0 Å². The highest BCUT2D eigenvalue weighted by molar-refractivity contribution is 7.13. The van der Waals surface area contributed by atoms with Crippen molar-refractivity contribution in [2.75, 3.05) is 6.54 Å². The molecule has 0 bridgehead atoms. The summed E-state index contributed by atoms with van der Waals surface area (Å²) in [6, 6.07) is 7.65. The molecule has 4 nitrogen and oxygen atoms in total. The average Bonchev–Trinajstić information content (AvgIpc) is 3.08. The van der Waals surface area contributed by atoms with Crippen LogP contribution in [0.3, 0.4) is 0 Å². The minimum atomic E-state index is -0.295. The summed E-state index contributed by atoms with van der Waals surface area (Å²) in [6.07, 6.45) is 4.16. The van der Waals surface area contributed by atoms with Crippen molar-refractivity contribution < 1.29 is 4.79 Å². The van der Waals surface area contributed by atoms with E-state index < -0.39 is 0 Å². The number of aromatic amines is 1. The molecule has 1 unspecified atom stereocenters. The Kier molecular flexibility index (Phi) is 4.43. The van der Waals surface area contributed by atoms with Gasteiger partial charge in [0.15, 0.2) is 0 Å². The summed E-state index contributed by atoms with van der Waals surface area (Å²) in [5.74, 6) is -0.134. The molecule has 1 saturated heterocycles. The third kappa shape index (κ3) is 2.86. The maximum Gasteiger partial charge on any atom is 0.261 e. The monoisotopic (exact) mass is 316 g/mol. The Morgan fingerprint density at radius 2 is 2.23 bits per heavy atom. The number of H-pyrrole nitrogens is 1. The Hall–Kier alpha value is -1.88. The van der Waals surface area contributed by atoms with Gasteiger partial charge in [-0.1, -0.05) is 13.0 Å². The Labute approximate surface area is 133 Å². The third-order valence-corrected chi connectivity index (χ3v) is 5.19. The van der Waals surface area contributed by atoms with E-state index in [2.05, 4.69) is 11.9 Å². The van der Waals surface area contributed by atoms with Gasteiger partial charge in [-0.15, -0.1) is 11.3 Å². The van der Waals surface area contributed by atoms with E-state index in [0.717, 1.165) is 42.8 Å². The van der Waals surface area contributed by atoms with Crippen molar-refractivity contribution in [3.05, 3.63) is 45.6 Å². The average molecular weight is 316 g/mol. The van der Waals surface area contributed by atoms with Crippen LogP contribution in [0.1, 0.15) is 43.0 Å². The quantitative estimate of drug-likeness (QED) is 0.942. The summed E-state index contributed by atoms with van der Waals surface area (Å²) in [4.78, 5) is 30.7. The van der Waals surface area contributed by atoms with E-state index in [1.807, 2.05) is 28.5 Å². The number of hydrogen-bond donors (Lipinski definition) is 1. The molecule has 1 fully saturated rings. The lowest BCUT2D eigenvalue weighted by atomic mass is 9.99. The molecule has 1 atom stereocenters. The zero-order valence-electron chi connectivity index (χ0n) is 12.7. The second kappa shape index (κ2) is 6.48. The highest BCUT2D eigenvalue weighted by Crippen LogP contribution is 2.23. The van der Waals surface area contributed by atoms with Crippen molar-refractivity contribution in [2.45, 2.75) is 38.6 Å². The van der Waals surface area contributed by atoms with E-state index >= 15 is 0 Å². The van der Waals surface area contributed by atoms with E-state index in [9.17, 15) is 9.59 Å². The number of likely N-dealkylation sites (tertiary alicyclic amines) is 1. The van der Waals surface area contributed by atoms with Crippen molar-refractivity contribution >= 4 is 17.2 Å². The number of thiophene rings is 1. The van der Waals surface area contributed by atoms with Gasteiger partial charge in [-0.25, -0.2) is 0 Å². The van der Waals surface area contributed by atoms with Crippen LogP contribution in [0.25, 0.3) is 10.6 Å². The van der Waals surface area contributed by atoms with Gasteiger partial charge in [0.25, 0.3) is 11.5 Å². The van der Waals surface area contributed by atoms with E-state index in [4.69, 9.17) is 0 Å². The molecule has 2 aromatic rings. The lowest BCUT2D eigenvalue weighted by Gasteiger charge is -2.35. The van der Waals surface area contributed by atoms with Gasteiger partial charge in [-0.3, -0.25) is 9.59 Å². The molecule has 1 aliphatic rings. The number of carbonyl (C=O) groups excluding carboxylic acids is 1.